The Morgan fingerprint density at radius 1 is 1.03 bits per heavy atom. The van der Waals surface area contributed by atoms with E-state index in [-0.39, 0.29) is 22.8 Å². The number of carbonyl (C=O) groups excluding carboxylic acids is 3. The van der Waals surface area contributed by atoms with E-state index in [9.17, 15) is 29.4 Å². The molecule has 1 aromatic heterocycles. The lowest BCUT2D eigenvalue weighted by molar-refractivity contribution is -0.190. The van der Waals surface area contributed by atoms with Gasteiger partial charge >= 0.3 is 5.97 Å². The van der Waals surface area contributed by atoms with Crippen LogP contribution < -0.4 is 5.43 Å². The quantitative estimate of drug-likeness (QED) is 0.513. The summed E-state index contributed by atoms with van der Waals surface area (Å²) in [4.78, 5) is 51.5. The number of ether oxygens (including phenoxy) is 1. The highest BCUT2D eigenvalue weighted by Gasteiger charge is 2.54. The van der Waals surface area contributed by atoms with Crippen LogP contribution in [0.1, 0.15) is 83.5 Å². The molecule has 2 N–H and O–H groups in total. The first kappa shape index (κ1) is 29.9. The van der Waals surface area contributed by atoms with E-state index in [2.05, 4.69) is 0 Å². The highest BCUT2D eigenvalue weighted by Crippen LogP contribution is 2.42. The third-order valence-corrected chi connectivity index (χ3v) is 8.73. The van der Waals surface area contributed by atoms with Crippen molar-refractivity contribution in [3.05, 3.63) is 32.9 Å². The van der Waals surface area contributed by atoms with Crippen molar-refractivity contribution in [3.63, 3.8) is 0 Å². The Bertz CT molecular complexity index is 1070. The van der Waals surface area contributed by atoms with E-state index >= 15 is 0 Å². The molecule has 8 heteroatoms. The number of hydrogen-bond donors (Lipinski definition) is 2. The molecule has 1 heterocycles. The van der Waals surface area contributed by atoms with Crippen LogP contribution in [0.5, 0.6) is 0 Å². The Hall–Kier alpha value is -2.32. The monoisotopic (exact) mass is 506 g/mol. The van der Waals surface area contributed by atoms with Crippen molar-refractivity contribution in [2.24, 2.45) is 29.6 Å². The highest BCUT2D eigenvalue weighted by molar-refractivity contribution is 5.88. The first-order valence-electron chi connectivity index (χ1n) is 12.8. The molecule has 1 aliphatic rings. The molecule has 0 saturated heterocycles. The number of aryl methyl sites for hydroxylation is 1. The zero-order valence-corrected chi connectivity index (χ0v) is 23.2. The summed E-state index contributed by atoms with van der Waals surface area (Å²) in [5, 5.41) is 22.0. The molecule has 1 fully saturated rings. The minimum Gasteiger partial charge on any atom is -0.465 e. The van der Waals surface area contributed by atoms with Gasteiger partial charge in [-0.05, 0) is 41.0 Å². The molecule has 0 bridgehead atoms. The number of rotatable bonds is 8. The molecule has 9 atom stereocenters. The van der Waals surface area contributed by atoms with Crippen molar-refractivity contribution >= 4 is 17.5 Å². The first-order chi connectivity index (χ1) is 16.5. The van der Waals surface area contributed by atoms with E-state index < -0.39 is 59.3 Å². The lowest BCUT2D eigenvalue weighted by Gasteiger charge is -2.48. The fourth-order valence-corrected chi connectivity index (χ4v) is 5.54. The van der Waals surface area contributed by atoms with Gasteiger partial charge in [-0.3, -0.25) is 19.2 Å². The SMILES string of the molecule is CC[C@@]1(O)[C@H](C)[C@@H](OC(=O)[C@@H](C)[C@@H](O)[C@@H](C)C(=O)[C@H](C)c2oc(C)c(C)c(=O)c2C)[C@H](C)C(=O)[C@@H]1C. The van der Waals surface area contributed by atoms with Gasteiger partial charge in [0, 0.05) is 28.9 Å². The van der Waals surface area contributed by atoms with Crippen LogP contribution >= 0.6 is 0 Å². The van der Waals surface area contributed by atoms with Crippen molar-refractivity contribution in [2.45, 2.75) is 99.4 Å². The molecule has 8 nitrogen and oxygen atoms in total. The van der Waals surface area contributed by atoms with Crippen LogP contribution in [-0.2, 0) is 19.1 Å². The van der Waals surface area contributed by atoms with Gasteiger partial charge in [0.2, 0.25) is 0 Å². The lowest BCUT2D eigenvalue weighted by atomic mass is 9.63. The van der Waals surface area contributed by atoms with E-state index in [0.29, 0.717) is 23.3 Å². The number of ketones is 2. The largest absolute Gasteiger partial charge is 0.465 e. The van der Waals surface area contributed by atoms with E-state index in [1.54, 1.807) is 55.4 Å². The summed E-state index contributed by atoms with van der Waals surface area (Å²) in [6.07, 6.45) is -1.88. The first-order valence-corrected chi connectivity index (χ1v) is 12.8. The van der Waals surface area contributed by atoms with E-state index in [1.807, 2.05) is 0 Å². The summed E-state index contributed by atoms with van der Waals surface area (Å²) in [6.45, 7) is 16.4. The molecule has 0 spiro atoms. The maximum absolute atomic E-state index is 13.2. The molecule has 0 aromatic carbocycles. The van der Waals surface area contributed by atoms with Crippen molar-refractivity contribution in [1.29, 1.82) is 0 Å². The van der Waals surface area contributed by atoms with Crippen molar-refractivity contribution in [2.75, 3.05) is 0 Å². The second kappa shape index (κ2) is 11.0. The molecular formula is C28H42O8. The maximum Gasteiger partial charge on any atom is 0.311 e. The smallest absolute Gasteiger partial charge is 0.311 e. The predicted molar refractivity (Wildman–Crippen MR) is 135 cm³/mol. The van der Waals surface area contributed by atoms with E-state index in [0.717, 1.165) is 0 Å². The summed E-state index contributed by atoms with van der Waals surface area (Å²) < 4.78 is 11.5. The summed E-state index contributed by atoms with van der Waals surface area (Å²) in [5.41, 5.74) is -0.668. The van der Waals surface area contributed by atoms with Crippen LogP contribution in [0.25, 0.3) is 0 Å². The van der Waals surface area contributed by atoms with Crippen LogP contribution in [0.2, 0.25) is 0 Å². The highest BCUT2D eigenvalue weighted by atomic mass is 16.5. The van der Waals surface area contributed by atoms with Crippen LogP contribution in [-0.4, -0.2) is 45.6 Å². The molecule has 36 heavy (non-hydrogen) atoms. The third kappa shape index (κ3) is 5.07. The lowest BCUT2D eigenvalue weighted by Crippen LogP contribution is -2.60. The molecule has 1 aliphatic carbocycles. The molecule has 1 aromatic rings. The molecule has 202 valence electrons. The fraction of sp³-hybridized carbons (Fsp3) is 0.714. The Labute approximate surface area is 213 Å². The van der Waals surface area contributed by atoms with Crippen molar-refractivity contribution < 1.29 is 33.8 Å². The number of aliphatic hydroxyl groups excluding tert-OH is 1. The fourth-order valence-electron chi connectivity index (χ4n) is 5.54. The molecule has 0 radical (unpaired) electrons. The van der Waals surface area contributed by atoms with Gasteiger partial charge in [-0.15, -0.1) is 0 Å². The number of hydrogen-bond acceptors (Lipinski definition) is 8. The summed E-state index contributed by atoms with van der Waals surface area (Å²) in [5.74, 6) is -5.12. The average Bonchev–Trinajstić information content (AvgIpc) is 2.87. The number of esters is 1. The van der Waals surface area contributed by atoms with Crippen LogP contribution in [0.3, 0.4) is 0 Å². The van der Waals surface area contributed by atoms with Crippen LogP contribution in [0.4, 0.5) is 0 Å². The maximum atomic E-state index is 13.2. The van der Waals surface area contributed by atoms with E-state index in [4.69, 9.17) is 9.15 Å². The second-order valence-corrected chi connectivity index (χ2v) is 10.7. The minimum absolute atomic E-state index is 0.175. The number of aliphatic hydroxyl groups is 2. The van der Waals surface area contributed by atoms with Gasteiger partial charge in [-0.2, -0.15) is 0 Å². The van der Waals surface area contributed by atoms with Crippen molar-refractivity contribution in [3.8, 4) is 0 Å². The predicted octanol–water partition coefficient (Wildman–Crippen LogP) is 3.41. The van der Waals surface area contributed by atoms with Crippen LogP contribution in [0.15, 0.2) is 9.21 Å². The van der Waals surface area contributed by atoms with Gasteiger partial charge in [-0.1, -0.05) is 34.6 Å². The summed E-state index contributed by atoms with van der Waals surface area (Å²) in [7, 11) is 0. The summed E-state index contributed by atoms with van der Waals surface area (Å²) >= 11 is 0. The number of Topliss-reactive ketones (excluding diaryl/α,β-unsaturated/α-hetero) is 2. The van der Waals surface area contributed by atoms with Gasteiger partial charge in [0.25, 0.3) is 0 Å². The van der Waals surface area contributed by atoms with Gasteiger partial charge in [-0.25, -0.2) is 0 Å². The van der Waals surface area contributed by atoms with Gasteiger partial charge < -0.3 is 19.4 Å². The van der Waals surface area contributed by atoms with Crippen molar-refractivity contribution in [1.82, 2.24) is 0 Å². The minimum atomic E-state index is -1.36. The molecule has 2 rings (SSSR count). The number of carbonyl (C=O) groups is 3. The summed E-state index contributed by atoms with van der Waals surface area (Å²) in [6, 6.07) is 0. The third-order valence-electron chi connectivity index (χ3n) is 8.73. The van der Waals surface area contributed by atoms with Gasteiger partial charge in [0.05, 0.1) is 29.5 Å². The molecule has 0 aliphatic heterocycles. The Kier molecular flexibility index (Phi) is 9.11. The van der Waals surface area contributed by atoms with E-state index in [1.165, 1.54) is 13.8 Å². The Morgan fingerprint density at radius 3 is 2.11 bits per heavy atom. The topological polar surface area (TPSA) is 131 Å². The molecule has 1 saturated carbocycles. The normalized spacial score (nSPS) is 29.8. The Balaban J connectivity index is 2.20. The molecular weight excluding hydrogens is 464 g/mol. The zero-order valence-electron chi connectivity index (χ0n) is 23.2. The average molecular weight is 507 g/mol. The molecule has 0 amide bonds. The standard InChI is InChI=1S/C28H42O8/c1-11-28(34)18(8)24(32)16(6)26(19(28)9)36-27(33)17(7)23(31)13(3)22(30)15(5)25-14(4)21(29)12(2)20(10)35-25/h13,15-19,23,26,31,34H,11H2,1-10H3/t13-,15-,16+,17-,18-,19+,23-,26-,28-/m0/s1. The van der Waals surface area contributed by atoms with Gasteiger partial charge in [0.15, 0.2) is 5.43 Å². The zero-order chi connectivity index (χ0) is 27.9. The van der Waals surface area contributed by atoms with Gasteiger partial charge in [0.1, 0.15) is 29.2 Å². The van der Waals surface area contributed by atoms with Crippen LogP contribution in [0, 0.1) is 50.4 Å². The Morgan fingerprint density at radius 2 is 1.58 bits per heavy atom. The second-order valence-electron chi connectivity index (χ2n) is 10.7. The molecule has 0 unspecified atom stereocenters.